The third-order valence-electron chi connectivity index (χ3n) is 2.55. The summed E-state index contributed by atoms with van der Waals surface area (Å²) in [7, 11) is -4.26. The molecule has 0 radical (unpaired) electrons. The number of hydrogen-bond acceptors (Lipinski definition) is 8. The quantitative estimate of drug-likeness (QED) is 0.207. The molecule has 0 bridgehead atoms. The van der Waals surface area contributed by atoms with Crippen molar-refractivity contribution in [2.24, 2.45) is 0 Å². The minimum absolute atomic E-state index is 0.237. The molecule has 1 rings (SSSR count). The number of rotatable bonds is 6. The summed E-state index contributed by atoms with van der Waals surface area (Å²) in [6, 6.07) is 0. The fraction of sp³-hybridized carbons (Fsp3) is 1.00. The summed E-state index contributed by atoms with van der Waals surface area (Å²) in [5, 5.41) is 18.6. The van der Waals surface area contributed by atoms with Gasteiger partial charge in [-0.2, -0.15) is 8.42 Å². The van der Waals surface area contributed by atoms with Crippen molar-refractivity contribution in [1.29, 1.82) is 0 Å². The molecule has 102 valence electrons. The van der Waals surface area contributed by atoms with Crippen LogP contribution in [0.4, 0.5) is 0 Å². The first-order valence-corrected chi connectivity index (χ1v) is 7.13. The van der Waals surface area contributed by atoms with Crippen LogP contribution in [-0.4, -0.2) is 46.7 Å². The topological polar surface area (TPSA) is 123 Å². The molecule has 17 heavy (non-hydrogen) atoms. The highest BCUT2D eigenvalue weighted by atomic mass is 32.2. The molecular formula is C7H14O8S2. The van der Waals surface area contributed by atoms with E-state index in [1.54, 1.807) is 0 Å². The summed E-state index contributed by atoms with van der Waals surface area (Å²) in [5.74, 6) is 0. The highest BCUT2D eigenvalue weighted by Crippen LogP contribution is 2.34. The van der Waals surface area contributed by atoms with Crippen LogP contribution in [0.1, 0.15) is 19.3 Å². The molecule has 1 saturated carbocycles. The Morgan fingerprint density at radius 2 is 2.06 bits per heavy atom. The largest absolute Gasteiger partial charge is 0.371 e. The normalized spacial score (nSPS) is 30.4. The Balaban J connectivity index is 2.76. The first-order valence-electron chi connectivity index (χ1n) is 4.83. The average molecular weight is 290 g/mol. The monoisotopic (exact) mass is 290 g/mol. The zero-order valence-electron chi connectivity index (χ0n) is 8.76. The maximum absolute atomic E-state index is 11.2. The Kier molecular flexibility index (Phi) is 6.09. The van der Waals surface area contributed by atoms with Gasteiger partial charge in [-0.3, -0.25) is 4.55 Å². The Morgan fingerprint density at radius 3 is 2.59 bits per heavy atom. The SMILES string of the molecule is O=S(=O)(O)C1CCCC(SOOO)C1OCO. The van der Waals surface area contributed by atoms with E-state index in [1.807, 2.05) is 0 Å². The van der Waals surface area contributed by atoms with E-state index >= 15 is 0 Å². The fourth-order valence-electron chi connectivity index (χ4n) is 1.88. The molecule has 0 saturated heterocycles. The number of aliphatic hydroxyl groups excluding tert-OH is 1. The minimum Gasteiger partial charge on any atom is -0.371 e. The van der Waals surface area contributed by atoms with Crippen molar-refractivity contribution in [3.05, 3.63) is 0 Å². The van der Waals surface area contributed by atoms with Gasteiger partial charge in [0.15, 0.2) is 0 Å². The van der Waals surface area contributed by atoms with Gasteiger partial charge in [0.25, 0.3) is 10.1 Å². The van der Waals surface area contributed by atoms with Crippen LogP contribution >= 0.6 is 12.0 Å². The highest BCUT2D eigenvalue weighted by molar-refractivity contribution is 7.95. The lowest BCUT2D eigenvalue weighted by Crippen LogP contribution is -2.46. The van der Waals surface area contributed by atoms with Crippen LogP contribution < -0.4 is 0 Å². The second-order valence-electron chi connectivity index (χ2n) is 3.52. The minimum atomic E-state index is -4.26. The summed E-state index contributed by atoms with van der Waals surface area (Å²) in [6.07, 6.45) is 0.400. The summed E-state index contributed by atoms with van der Waals surface area (Å²) in [5.41, 5.74) is 0. The van der Waals surface area contributed by atoms with Gasteiger partial charge in [0.1, 0.15) is 12.0 Å². The van der Waals surface area contributed by atoms with Crippen LogP contribution in [0, 0.1) is 0 Å². The molecule has 3 unspecified atom stereocenters. The molecule has 1 aliphatic rings. The predicted molar refractivity (Wildman–Crippen MR) is 57.3 cm³/mol. The first kappa shape index (κ1) is 15.1. The smallest absolute Gasteiger partial charge is 0.270 e. The molecule has 0 aromatic heterocycles. The van der Waals surface area contributed by atoms with E-state index < -0.39 is 33.5 Å². The van der Waals surface area contributed by atoms with Gasteiger partial charge in [0, 0.05) is 12.0 Å². The summed E-state index contributed by atoms with van der Waals surface area (Å²) >= 11 is 0.681. The highest BCUT2D eigenvalue weighted by Gasteiger charge is 2.42. The second-order valence-corrected chi connectivity index (χ2v) is 6.09. The van der Waals surface area contributed by atoms with Crippen molar-refractivity contribution < 1.29 is 37.4 Å². The number of ether oxygens (including phenoxy) is 1. The van der Waals surface area contributed by atoms with Crippen LogP contribution in [0.15, 0.2) is 0 Å². The van der Waals surface area contributed by atoms with E-state index in [0.29, 0.717) is 24.9 Å². The van der Waals surface area contributed by atoms with Gasteiger partial charge in [-0.1, -0.05) is 11.5 Å². The van der Waals surface area contributed by atoms with Crippen molar-refractivity contribution >= 4 is 22.2 Å². The molecule has 0 aromatic rings. The van der Waals surface area contributed by atoms with Crippen molar-refractivity contribution in [3.63, 3.8) is 0 Å². The lowest BCUT2D eigenvalue weighted by atomic mass is 9.96. The molecule has 0 spiro atoms. The Bertz CT molecular complexity index is 318. The van der Waals surface area contributed by atoms with E-state index in [0.717, 1.165) is 0 Å². The van der Waals surface area contributed by atoms with Crippen LogP contribution in [0.3, 0.4) is 0 Å². The zero-order valence-corrected chi connectivity index (χ0v) is 10.4. The lowest BCUT2D eigenvalue weighted by molar-refractivity contribution is -0.432. The van der Waals surface area contributed by atoms with Gasteiger partial charge in [-0.05, 0) is 12.8 Å². The molecule has 10 heteroatoms. The van der Waals surface area contributed by atoms with Gasteiger partial charge < -0.3 is 9.84 Å². The number of aliphatic hydroxyl groups is 1. The van der Waals surface area contributed by atoms with Gasteiger partial charge >= 0.3 is 0 Å². The number of hydrogen-bond donors (Lipinski definition) is 3. The zero-order chi connectivity index (χ0) is 12.9. The van der Waals surface area contributed by atoms with Gasteiger partial charge in [0.05, 0.1) is 11.4 Å². The molecule has 1 aliphatic carbocycles. The summed E-state index contributed by atoms with van der Waals surface area (Å²) in [4.78, 5) is 0. The van der Waals surface area contributed by atoms with E-state index in [2.05, 4.69) is 9.37 Å². The van der Waals surface area contributed by atoms with Crippen molar-refractivity contribution in [2.45, 2.75) is 35.9 Å². The molecule has 0 amide bonds. The van der Waals surface area contributed by atoms with Gasteiger partial charge in [0.2, 0.25) is 0 Å². The van der Waals surface area contributed by atoms with Crippen molar-refractivity contribution in [2.75, 3.05) is 6.79 Å². The molecule has 3 N–H and O–H groups in total. The molecule has 0 aromatic carbocycles. The van der Waals surface area contributed by atoms with Crippen LogP contribution in [-0.2, 0) is 24.2 Å². The van der Waals surface area contributed by atoms with Crippen LogP contribution in [0.2, 0.25) is 0 Å². The first-order chi connectivity index (χ1) is 8.00. The third kappa shape index (κ3) is 4.34. The molecule has 1 fully saturated rings. The molecule has 0 aliphatic heterocycles. The Hall–Kier alpha value is 0.0600. The maximum atomic E-state index is 11.2. The van der Waals surface area contributed by atoms with E-state index in [9.17, 15) is 8.42 Å². The third-order valence-corrected chi connectivity index (χ3v) is 4.71. The Morgan fingerprint density at radius 1 is 1.35 bits per heavy atom. The Labute approximate surface area is 103 Å². The lowest BCUT2D eigenvalue weighted by Gasteiger charge is -2.34. The molecule has 8 nitrogen and oxygen atoms in total. The maximum Gasteiger partial charge on any atom is 0.270 e. The molecule has 3 atom stereocenters. The van der Waals surface area contributed by atoms with E-state index in [4.69, 9.17) is 19.7 Å². The standard InChI is InChI=1S/C7H14O8S2/c8-4-13-7-5(16-15-14-9)2-1-3-6(7)17(10,11)12/h5-9H,1-4H2,(H,10,11,12). The van der Waals surface area contributed by atoms with Gasteiger partial charge in [-0.15, -0.1) is 4.33 Å². The van der Waals surface area contributed by atoms with E-state index in [-0.39, 0.29) is 6.42 Å². The predicted octanol–water partition coefficient (Wildman–Crippen LogP) is 0.200. The fourth-order valence-corrected chi connectivity index (χ4v) is 3.83. The van der Waals surface area contributed by atoms with Gasteiger partial charge in [-0.25, -0.2) is 5.26 Å². The second kappa shape index (κ2) is 6.85. The van der Waals surface area contributed by atoms with Crippen molar-refractivity contribution in [3.8, 4) is 0 Å². The van der Waals surface area contributed by atoms with Crippen LogP contribution in [0.5, 0.6) is 0 Å². The molecular weight excluding hydrogens is 276 g/mol. The summed E-state index contributed by atoms with van der Waals surface area (Å²) in [6.45, 7) is -0.673. The van der Waals surface area contributed by atoms with Crippen molar-refractivity contribution in [1.82, 2.24) is 0 Å². The average Bonchev–Trinajstić information content (AvgIpc) is 2.26. The van der Waals surface area contributed by atoms with Crippen LogP contribution in [0.25, 0.3) is 0 Å². The summed E-state index contributed by atoms with van der Waals surface area (Å²) < 4.78 is 40.5. The van der Waals surface area contributed by atoms with E-state index in [1.165, 1.54) is 0 Å². The molecule has 0 heterocycles.